The van der Waals surface area contributed by atoms with E-state index in [4.69, 9.17) is 0 Å². The van der Waals surface area contributed by atoms with E-state index < -0.39 is 0 Å². The van der Waals surface area contributed by atoms with Crippen LogP contribution in [0.1, 0.15) is 53.8 Å². The summed E-state index contributed by atoms with van der Waals surface area (Å²) in [6, 6.07) is 10.9. The molecule has 2 N–H and O–H groups in total. The standard InChI is InChI=1S/C23H30N2O2S/c1-16-6-8-17(9-7-16)19-12-15-28-22(19)23(27)24-18-10-13-25(14-11-18)20-4-2-3-5-21(20)26/h6-9,12,15,18,20-21,26H,2-5,10-11,13-14H2,1H3,(H,24,27)/t20-,21+/m1/s1. The van der Waals surface area contributed by atoms with Gasteiger partial charge in [-0.15, -0.1) is 11.3 Å². The lowest BCUT2D eigenvalue weighted by Crippen LogP contribution is -2.52. The lowest BCUT2D eigenvalue weighted by molar-refractivity contribution is 0.00729. The third kappa shape index (κ3) is 4.32. The Labute approximate surface area is 171 Å². The molecule has 1 amide bonds. The zero-order valence-corrected chi connectivity index (χ0v) is 17.4. The quantitative estimate of drug-likeness (QED) is 0.811. The van der Waals surface area contributed by atoms with Crippen LogP contribution in [-0.2, 0) is 0 Å². The van der Waals surface area contributed by atoms with Gasteiger partial charge in [0, 0.05) is 30.7 Å². The van der Waals surface area contributed by atoms with Crippen LogP contribution in [-0.4, -0.2) is 47.2 Å². The van der Waals surface area contributed by atoms with E-state index in [1.54, 1.807) is 0 Å². The van der Waals surface area contributed by atoms with Gasteiger partial charge in [0.1, 0.15) is 0 Å². The fourth-order valence-corrected chi connectivity index (χ4v) is 5.41. The molecular formula is C23H30N2O2S. The number of nitrogens with one attached hydrogen (secondary N) is 1. The summed E-state index contributed by atoms with van der Waals surface area (Å²) in [7, 11) is 0. The maximum atomic E-state index is 12.9. The summed E-state index contributed by atoms with van der Waals surface area (Å²) in [5, 5.41) is 15.6. The van der Waals surface area contributed by atoms with Gasteiger partial charge in [-0.1, -0.05) is 42.7 Å². The average molecular weight is 399 g/mol. The third-order valence-electron chi connectivity index (χ3n) is 6.26. The number of benzene rings is 1. The van der Waals surface area contributed by atoms with Gasteiger partial charge in [0.05, 0.1) is 11.0 Å². The number of piperidine rings is 1. The van der Waals surface area contributed by atoms with Crippen LogP contribution in [0.15, 0.2) is 35.7 Å². The second kappa shape index (κ2) is 8.76. The van der Waals surface area contributed by atoms with E-state index in [9.17, 15) is 9.90 Å². The van der Waals surface area contributed by atoms with Gasteiger partial charge in [-0.3, -0.25) is 9.69 Å². The summed E-state index contributed by atoms with van der Waals surface area (Å²) in [5.41, 5.74) is 3.34. The second-order valence-corrected chi connectivity index (χ2v) is 9.15. The molecule has 1 saturated carbocycles. The van der Waals surface area contributed by atoms with Crippen molar-refractivity contribution in [1.82, 2.24) is 10.2 Å². The highest BCUT2D eigenvalue weighted by atomic mass is 32.1. The number of aliphatic hydroxyl groups excluding tert-OH is 1. The molecule has 0 spiro atoms. The first-order chi connectivity index (χ1) is 13.6. The van der Waals surface area contributed by atoms with Crippen LogP contribution in [0.25, 0.3) is 11.1 Å². The van der Waals surface area contributed by atoms with Gasteiger partial charge in [-0.05, 0) is 49.6 Å². The molecule has 2 aliphatic rings. The Balaban J connectivity index is 1.35. The highest BCUT2D eigenvalue weighted by molar-refractivity contribution is 7.12. The fourth-order valence-electron chi connectivity index (χ4n) is 4.59. The van der Waals surface area contributed by atoms with Crippen molar-refractivity contribution in [1.29, 1.82) is 0 Å². The summed E-state index contributed by atoms with van der Waals surface area (Å²) in [4.78, 5) is 16.2. The van der Waals surface area contributed by atoms with Crippen LogP contribution in [0, 0.1) is 6.92 Å². The Bertz CT molecular complexity index is 793. The lowest BCUT2D eigenvalue weighted by Gasteiger charge is -2.41. The molecule has 1 aromatic carbocycles. The van der Waals surface area contributed by atoms with Crippen LogP contribution in [0.5, 0.6) is 0 Å². The molecule has 0 unspecified atom stereocenters. The number of thiophene rings is 1. The summed E-state index contributed by atoms with van der Waals surface area (Å²) in [6.45, 7) is 3.99. The van der Waals surface area contributed by atoms with E-state index in [-0.39, 0.29) is 18.1 Å². The molecule has 0 radical (unpaired) electrons. The number of amides is 1. The van der Waals surface area contributed by atoms with Crippen molar-refractivity contribution in [2.75, 3.05) is 13.1 Å². The minimum atomic E-state index is -0.178. The van der Waals surface area contributed by atoms with E-state index in [0.29, 0.717) is 6.04 Å². The van der Waals surface area contributed by atoms with Crippen LogP contribution >= 0.6 is 11.3 Å². The molecule has 2 aromatic rings. The van der Waals surface area contributed by atoms with Crippen molar-refractivity contribution in [3.05, 3.63) is 46.2 Å². The Kier molecular flexibility index (Phi) is 6.14. The van der Waals surface area contributed by atoms with Crippen molar-refractivity contribution < 1.29 is 9.90 Å². The highest BCUT2D eigenvalue weighted by Gasteiger charge is 2.32. The van der Waals surface area contributed by atoms with E-state index in [0.717, 1.165) is 61.2 Å². The molecule has 0 bridgehead atoms. The molecule has 28 heavy (non-hydrogen) atoms. The molecule has 1 saturated heterocycles. The fraction of sp³-hybridized carbons (Fsp3) is 0.522. The number of hydrogen-bond acceptors (Lipinski definition) is 4. The van der Waals surface area contributed by atoms with Crippen molar-refractivity contribution in [2.24, 2.45) is 0 Å². The van der Waals surface area contributed by atoms with Crippen molar-refractivity contribution in [3.8, 4) is 11.1 Å². The number of nitrogens with zero attached hydrogens (tertiary/aromatic N) is 1. The molecule has 1 aromatic heterocycles. The monoisotopic (exact) mass is 398 g/mol. The zero-order valence-electron chi connectivity index (χ0n) is 16.6. The van der Waals surface area contributed by atoms with Crippen molar-refractivity contribution in [2.45, 2.75) is 63.6 Å². The molecule has 4 nitrogen and oxygen atoms in total. The SMILES string of the molecule is Cc1ccc(-c2ccsc2C(=O)NC2CCN([C@@H]3CCCC[C@@H]3O)CC2)cc1. The summed E-state index contributed by atoms with van der Waals surface area (Å²) >= 11 is 1.51. The smallest absolute Gasteiger partial charge is 0.262 e. The second-order valence-electron chi connectivity index (χ2n) is 8.23. The Morgan fingerprint density at radius 3 is 2.50 bits per heavy atom. The van der Waals surface area contributed by atoms with Gasteiger partial charge in [0.25, 0.3) is 5.91 Å². The topological polar surface area (TPSA) is 52.6 Å². The molecular weight excluding hydrogens is 368 g/mol. The molecule has 2 fully saturated rings. The zero-order chi connectivity index (χ0) is 19.5. The normalized spacial score (nSPS) is 24.2. The van der Waals surface area contributed by atoms with Gasteiger partial charge >= 0.3 is 0 Å². The first-order valence-electron chi connectivity index (χ1n) is 10.5. The van der Waals surface area contributed by atoms with Gasteiger partial charge < -0.3 is 10.4 Å². The average Bonchev–Trinajstić information content (AvgIpc) is 3.20. The van der Waals surface area contributed by atoms with Gasteiger partial charge in [0.15, 0.2) is 0 Å². The van der Waals surface area contributed by atoms with E-state index >= 15 is 0 Å². The van der Waals surface area contributed by atoms with E-state index in [2.05, 4.69) is 41.4 Å². The summed E-state index contributed by atoms with van der Waals surface area (Å²) in [6.07, 6.45) is 6.14. The maximum Gasteiger partial charge on any atom is 0.262 e. The minimum absolute atomic E-state index is 0.0433. The van der Waals surface area contributed by atoms with Gasteiger partial charge in [-0.25, -0.2) is 0 Å². The first-order valence-corrected chi connectivity index (χ1v) is 11.4. The lowest BCUT2D eigenvalue weighted by atomic mass is 9.89. The van der Waals surface area contributed by atoms with E-state index in [1.165, 1.54) is 23.3 Å². The van der Waals surface area contributed by atoms with Gasteiger partial charge in [0.2, 0.25) is 0 Å². The number of carbonyl (C=O) groups is 1. The number of aryl methyl sites for hydroxylation is 1. The largest absolute Gasteiger partial charge is 0.391 e. The molecule has 2 atom stereocenters. The van der Waals surface area contributed by atoms with Crippen molar-refractivity contribution in [3.63, 3.8) is 0 Å². The van der Waals surface area contributed by atoms with Crippen molar-refractivity contribution >= 4 is 17.2 Å². The number of aliphatic hydroxyl groups is 1. The Hall–Kier alpha value is -1.69. The maximum absolute atomic E-state index is 12.9. The third-order valence-corrected chi connectivity index (χ3v) is 7.17. The predicted molar refractivity (Wildman–Crippen MR) is 115 cm³/mol. The number of likely N-dealkylation sites (tertiary alicyclic amines) is 1. The van der Waals surface area contributed by atoms with Gasteiger partial charge in [-0.2, -0.15) is 0 Å². The highest BCUT2D eigenvalue weighted by Crippen LogP contribution is 2.29. The molecule has 1 aliphatic heterocycles. The van der Waals surface area contributed by atoms with Crippen LogP contribution in [0.3, 0.4) is 0 Å². The van der Waals surface area contributed by atoms with Crippen LogP contribution in [0.4, 0.5) is 0 Å². The summed E-state index contributed by atoms with van der Waals surface area (Å²) < 4.78 is 0. The molecule has 4 rings (SSSR count). The van der Waals surface area contributed by atoms with Crippen LogP contribution in [0.2, 0.25) is 0 Å². The number of carbonyl (C=O) groups excluding carboxylic acids is 1. The van der Waals surface area contributed by atoms with Crippen LogP contribution < -0.4 is 5.32 Å². The molecule has 5 heteroatoms. The van der Waals surface area contributed by atoms with E-state index in [1.807, 2.05) is 11.4 Å². The molecule has 150 valence electrons. The molecule has 1 aliphatic carbocycles. The Morgan fingerprint density at radius 2 is 1.79 bits per heavy atom. The molecule has 2 heterocycles. The Morgan fingerprint density at radius 1 is 1.07 bits per heavy atom. The summed E-state index contributed by atoms with van der Waals surface area (Å²) in [5.74, 6) is 0.0433. The first kappa shape index (κ1) is 19.6. The number of rotatable bonds is 4. The minimum Gasteiger partial charge on any atom is -0.391 e. The predicted octanol–water partition coefficient (Wildman–Crippen LogP) is 4.22. The number of hydrogen-bond donors (Lipinski definition) is 2.